The van der Waals surface area contributed by atoms with Crippen LogP contribution in [0.4, 0.5) is 0 Å². The molecule has 0 saturated heterocycles. The van der Waals surface area contributed by atoms with Gasteiger partial charge in [0.1, 0.15) is 19.8 Å². The Kier molecular flexibility index (Phi) is 2.90. The Labute approximate surface area is 112 Å². The van der Waals surface area contributed by atoms with Crippen molar-refractivity contribution in [3.05, 3.63) is 16.9 Å². The number of aromatic nitrogens is 1. The third kappa shape index (κ3) is 2.06. The van der Waals surface area contributed by atoms with E-state index in [2.05, 4.69) is 4.74 Å². The molecule has 0 saturated carbocycles. The Morgan fingerprint density at radius 3 is 2.79 bits per heavy atom. The molecule has 2 heterocycles. The second-order valence-electron chi connectivity index (χ2n) is 4.03. The predicted molar refractivity (Wildman–Crippen MR) is 68.7 cm³/mol. The van der Waals surface area contributed by atoms with Gasteiger partial charge in [-0.3, -0.25) is 10.2 Å². The number of rotatable bonds is 2. The first-order valence-corrected chi connectivity index (χ1v) is 6.55. The number of hydrogen-bond acceptors (Lipinski definition) is 6. The maximum Gasteiger partial charge on any atom is 0.325 e. The molecule has 1 aliphatic heterocycles. The molecule has 1 N–H and O–H groups in total. The van der Waals surface area contributed by atoms with E-state index in [1.54, 1.807) is 10.6 Å². The summed E-state index contributed by atoms with van der Waals surface area (Å²) in [5.41, 5.74) is 0.782. The molecule has 0 radical (unpaired) electrons. The summed E-state index contributed by atoms with van der Waals surface area (Å²) in [4.78, 5) is 11.7. The van der Waals surface area contributed by atoms with Crippen LogP contribution in [0.25, 0.3) is 10.2 Å². The molecule has 2 aromatic rings. The van der Waals surface area contributed by atoms with E-state index < -0.39 is 0 Å². The molecule has 1 aromatic carbocycles. The highest BCUT2D eigenvalue weighted by Crippen LogP contribution is 2.35. The molecular weight excluding hydrogens is 268 g/mol. The number of nitrogens with zero attached hydrogens (tertiary/aromatic N) is 1. The molecule has 19 heavy (non-hydrogen) atoms. The zero-order valence-corrected chi connectivity index (χ0v) is 11.1. The lowest BCUT2D eigenvalue weighted by Crippen LogP contribution is -2.20. The van der Waals surface area contributed by atoms with Crippen molar-refractivity contribution in [1.29, 1.82) is 5.41 Å². The monoisotopic (exact) mass is 280 g/mol. The van der Waals surface area contributed by atoms with E-state index in [-0.39, 0.29) is 12.5 Å². The first-order chi connectivity index (χ1) is 9.19. The van der Waals surface area contributed by atoms with E-state index in [0.717, 1.165) is 10.2 Å². The van der Waals surface area contributed by atoms with Crippen LogP contribution in [0.5, 0.6) is 11.5 Å². The van der Waals surface area contributed by atoms with Gasteiger partial charge in [-0.25, -0.2) is 0 Å². The van der Waals surface area contributed by atoms with E-state index in [0.29, 0.717) is 29.5 Å². The van der Waals surface area contributed by atoms with Crippen molar-refractivity contribution in [3.8, 4) is 11.5 Å². The summed E-state index contributed by atoms with van der Waals surface area (Å²) < 4.78 is 18.2. The van der Waals surface area contributed by atoms with E-state index in [4.69, 9.17) is 14.9 Å². The highest BCUT2D eigenvalue weighted by atomic mass is 32.1. The maximum atomic E-state index is 11.4. The minimum Gasteiger partial charge on any atom is -0.486 e. The third-order valence-corrected chi connectivity index (χ3v) is 3.84. The Bertz CT molecular complexity index is 704. The normalized spacial score (nSPS) is 13.5. The van der Waals surface area contributed by atoms with Gasteiger partial charge in [0.2, 0.25) is 0 Å². The van der Waals surface area contributed by atoms with Gasteiger partial charge >= 0.3 is 5.97 Å². The molecule has 0 amide bonds. The van der Waals surface area contributed by atoms with Crippen molar-refractivity contribution in [2.24, 2.45) is 0 Å². The Hall–Kier alpha value is -2.02. The second-order valence-corrected chi connectivity index (χ2v) is 5.06. The first kappa shape index (κ1) is 12.0. The fourth-order valence-electron chi connectivity index (χ4n) is 1.97. The van der Waals surface area contributed by atoms with E-state index in [9.17, 15) is 4.79 Å². The number of benzene rings is 1. The number of nitrogens with one attached hydrogen (secondary N) is 1. The van der Waals surface area contributed by atoms with Crippen LogP contribution in [0.3, 0.4) is 0 Å². The quantitative estimate of drug-likeness (QED) is 0.837. The van der Waals surface area contributed by atoms with Gasteiger partial charge in [-0.15, -0.1) is 0 Å². The molecule has 0 bridgehead atoms. The third-order valence-electron chi connectivity index (χ3n) is 2.88. The number of esters is 1. The molecule has 0 spiro atoms. The van der Waals surface area contributed by atoms with E-state index in [1.807, 2.05) is 6.07 Å². The standard InChI is InChI=1S/C12H12N2O4S/c1-16-11(15)6-14-7-4-8-9(18-3-2-17-8)5-10(7)19-12(14)13/h4-5,13H,2-3,6H2,1H3. The molecule has 0 atom stereocenters. The zero-order chi connectivity index (χ0) is 13.4. The lowest BCUT2D eigenvalue weighted by molar-refractivity contribution is -0.141. The molecule has 100 valence electrons. The van der Waals surface area contributed by atoms with Crippen molar-refractivity contribution in [3.63, 3.8) is 0 Å². The number of ether oxygens (including phenoxy) is 3. The van der Waals surface area contributed by atoms with Gasteiger partial charge in [-0.05, 0) is 0 Å². The van der Waals surface area contributed by atoms with Crippen LogP contribution in [0.2, 0.25) is 0 Å². The van der Waals surface area contributed by atoms with Gasteiger partial charge in [0, 0.05) is 12.1 Å². The number of methoxy groups -OCH3 is 1. The number of fused-ring (bicyclic) bond motifs is 2. The van der Waals surface area contributed by atoms with Crippen LogP contribution < -0.4 is 14.3 Å². The van der Waals surface area contributed by atoms with Crippen LogP contribution in [-0.4, -0.2) is 30.9 Å². The summed E-state index contributed by atoms with van der Waals surface area (Å²) in [5, 5.41) is 7.93. The summed E-state index contributed by atoms with van der Waals surface area (Å²) in [7, 11) is 1.33. The van der Waals surface area contributed by atoms with Gasteiger partial charge in [0.25, 0.3) is 0 Å². The summed E-state index contributed by atoms with van der Waals surface area (Å²) in [6, 6.07) is 3.65. The van der Waals surface area contributed by atoms with Crippen LogP contribution in [0.15, 0.2) is 12.1 Å². The van der Waals surface area contributed by atoms with Crippen LogP contribution >= 0.6 is 11.3 Å². The van der Waals surface area contributed by atoms with E-state index >= 15 is 0 Å². The Morgan fingerprint density at radius 1 is 1.42 bits per heavy atom. The zero-order valence-electron chi connectivity index (χ0n) is 10.3. The Morgan fingerprint density at radius 2 is 2.11 bits per heavy atom. The summed E-state index contributed by atoms with van der Waals surface area (Å²) in [5.74, 6) is 0.952. The smallest absolute Gasteiger partial charge is 0.325 e. The van der Waals surface area contributed by atoms with Gasteiger partial charge < -0.3 is 18.8 Å². The minimum atomic E-state index is -0.381. The molecule has 0 fully saturated rings. The number of hydrogen-bond donors (Lipinski definition) is 1. The number of carbonyl (C=O) groups is 1. The number of carbonyl (C=O) groups excluding carboxylic acids is 1. The average molecular weight is 280 g/mol. The first-order valence-electron chi connectivity index (χ1n) is 5.73. The molecule has 3 rings (SSSR count). The lowest BCUT2D eigenvalue weighted by atomic mass is 10.2. The molecular formula is C12H12N2O4S. The molecule has 1 aromatic heterocycles. The van der Waals surface area contributed by atoms with Crippen molar-refractivity contribution in [1.82, 2.24) is 4.57 Å². The molecule has 0 unspecified atom stereocenters. The van der Waals surface area contributed by atoms with E-state index in [1.165, 1.54) is 18.4 Å². The SMILES string of the molecule is COC(=O)Cn1c(=N)sc2cc3c(cc21)OCCO3. The van der Waals surface area contributed by atoms with Crippen molar-refractivity contribution in [2.75, 3.05) is 20.3 Å². The largest absolute Gasteiger partial charge is 0.486 e. The molecule has 1 aliphatic rings. The molecule has 7 heteroatoms. The minimum absolute atomic E-state index is 0.0228. The fraction of sp³-hybridized carbons (Fsp3) is 0.333. The van der Waals surface area contributed by atoms with Crippen molar-refractivity contribution < 1.29 is 19.0 Å². The summed E-state index contributed by atoms with van der Waals surface area (Å²) >= 11 is 1.29. The van der Waals surface area contributed by atoms with Crippen LogP contribution in [0, 0.1) is 5.41 Å². The highest BCUT2D eigenvalue weighted by Gasteiger charge is 2.17. The van der Waals surface area contributed by atoms with Crippen LogP contribution in [0.1, 0.15) is 0 Å². The summed E-state index contributed by atoms with van der Waals surface area (Å²) in [6.45, 7) is 1.06. The molecule has 6 nitrogen and oxygen atoms in total. The topological polar surface area (TPSA) is 73.5 Å². The second kappa shape index (κ2) is 4.58. The average Bonchev–Trinajstić information content (AvgIpc) is 2.72. The lowest BCUT2D eigenvalue weighted by Gasteiger charge is -2.18. The van der Waals surface area contributed by atoms with Gasteiger partial charge in [-0.2, -0.15) is 0 Å². The van der Waals surface area contributed by atoms with Gasteiger partial charge in [-0.1, -0.05) is 11.3 Å². The fourth-order valence-corrected chi connectivity index (χ4v) is 2.89. The number of thiazole rings is 1. The van der Waals surface area contributed by atoms with Crippen molar-refractivity contribution in [2.45, 2.75) is 6.54 Å². The van der Waals surface area contributed by atoms with Crippen LogP contribution in [-0.2, 0) is 16.1 Å². The Balaban J connectivity index is 2.14. The van der Waals surface area contributed by atoms with Gasteiger partial charge in [0.05, 0.1) is 17.3 Å². The van der Waals surface area contributed by atoms with Crippen molar-refractivity contribution >= 4 is 27.5 Å². The molecule has 0 aliphatic carbocycles. The predicted octanol–water partition coefficient (Wildman–Crippen LogP) is 1.13. The highest BCUT2D eigenvalue weighted by molar-refractivity contribution is 7.16. The summed E-state index contributed by atoms with van der Waals surface area (Å²) in [6.07, 6.45) is 0. The van der Waals surface area contributed by atoms with Gasteiger partial charge in [0.15, 0.2) is 16.3 Å². The maximum absolute atomic E-state index is 11.4.